The molecule has 166 valence electrons. The number of hydrogen-bond donors (Lipinski definition) is 0. The Morgan fingerprint density at radius 3 is 2.39 bits per heavy atom. The van der Waals surface area contributed by atoms with Gasteiger partial charge in [0.15, 0.2) is 16.6 Å². The van der Waals surface area contributed by atoms with Crippen molar-refractivity contribution >= 4 is 33.2 Å². The third kappa shape index (κ3) is 4.40. The number of benzene rings is 1. The van der Waals surface area contributed by atoms with Crippen LogP contribution in [0.3, 0.4) is 0 Å². The average molecular weight is 461 g/mol. The standard InChI is InChI=1S/C22H28N4O3S2/c1-7-25(8-2)31(28,29)18-9-10-20-23-24-22(26(20)12-18)30-13-19-14(3)11-15(4)21(16(19)5)17(6)27/h9-12H,7-8,13H2,1-6H3. The van der Waals surface area contributed by atoms with E-state index >= 15 is 0 Å². The van der Waals surface area contributed by atoms with E-state index in [0.717, 1.165) is 27.8 Å². The molecule has 2 aromatic heterocycles. The molecule has 0 saturated carbocycles. The van der Waals surface area contributed by atoms with Crippen LogP contribution >= 0.6 is 11.8 Å². The minimum absolute atomic E-state index is 0.0560. The molecule has 7 nitrogen and oxygen atoms in total. The van der Waals surface area contributed by atoms with E-state index in [0.29, 0.717) is 29.6 Å². The topological polar surface area (TPSA) is 84.6 Å². The number of thioether (sulfide) groups is 1. The Kier molecular flexibility index (Phi) is 6.88. The number of sulfonamides is 1. The van der Waals surface area contributed by atoms with Gasteiger partial charge in [-0.25, -0.2) is 8.42 Å². The van der Waals surface area contributed by atoms with Crippen LogP contribution in [0.15, 0.2) is 34.4 Å². The number of rotatable bonds is 8. The van der Waals surface area contributed by atoms with Crippen LogP contribution < -0.4 is 0 Å². The molecule has 0 atom stereocenters. The van der Waals surface area contributed by atoms with E-state index in [-0.39, 0.29) is 10.7 Å². The van der Waals surface area contributed by atoms with Gasteiger partial charge in [-0.1, -0.05) is 31.7 Å². The Bertz CT molecular complexity index is 1250. The SMILES string of the molecule is CCN(CC)S(=O)(=O)c1ccc2nnc(SCc3c(C)cc(C)c(C(C)=O)c3C)n2c1. The molecule has 3 rings (SSSR count). The number of fused-ring (bicyclic) bond motifs is 1. The Balaban J connectivity index is 1.97. The predicted molar refractivity (Wildman–Crippen MR) is 123 cm³/mol. The number of aryl methyl sites for hydroxylation is 2. The average Bonchev–Trinajstić information content (AvgIpc) is 3.10. The van der Waals surface area contributed by atoms with E-state index in [1.807, 2.05) is 40.7 Å². The summed E-state index contributed by atoms with van der Waals surface area (Å²) >= 11 is 1.47. The number of aromatic nitrogens is 3. The zero-order chi connectivity index (χ0) is 22.9. The fourth-order valence-corrected chi connectivity index (χ4v) is 6.50. The maximum atomic E-state index is 12.9. The van der Waals surface area contributed by atoms with Gasteiger partial charge in [-0.15, -0.1) is 10.2 Å². The van der Waals surface area contributed by atoms with Crippen molar-refractivity contribution in [3.05, 3.63) is 52.2 Å². The fourth-order valence-electron chi connectivity index (χ4n) is 3.94. The molecular weight excluding hydrogens is 432 g/mol. The lowest BCUT2D eigenvalue weighted by Crippen LogP contribution is -2.30. The molecule has 1 aromatic carbocycles. The summed E-state index contributed by atoms with van der Waals surface area (Å²) in [6.45, 7) is 12.0. The lowest BCUT2D eigenvalue weighted by atomic mass is 9.92. The molecule has 3 aromatic rings. The van der Waals surface area contributed by atoms with Crippen LogP contribution in [-0.4, -0.2) is 46.2 Å². The van der Waals surface area contributed by atoms with E-state index in [2.05, 4.69) is 10.2 Å². The summed E-state index contributed by atoms with van der Waals surface area (Å²) in [6.07, 6.45) is 1.58. The molecule has 0 aliphatic heterocycles. The number of pyridine rings is 1. The monoisotopic (exact) mass is 460 g/mol. The molecule has 0 fully saturated rings. The molecule has 0 saturated heterocycles. The summed E-state index contributed by atoms with van der Waals surface area (Å²) in [6, 6.07) is 5.28. The van der Waals surface area contributed by atoms with Gasteiger partial charge in [0.2, 0.25) is 10.0 Å². The zero-order valence-corrected chi connectivity index (χ0v) is 20.4. The third-order valence-corrected chi connectivity index (χ3v) is 8.52. The molecular formula is C22H28N4O3S2. The fraction of sp³-hybridized carbons (Fsp3) is 0.409. The van der Waals surface area contributed by atoms with Gasteiger partial charge in [0.25, 0.3) is 0 Å². The quantitative estimate of drug-likeness (QED) is 0.370. The third-order valence-electron chi connectivity index (χ3n) is 5.52. The second-order valence-corrected chi connectivity index (χ2v) is 10.4. The first kappa shape index (κ1) is 23.4. The van der Waals surface area contributed by atoms with Crippen molar-refractivity contribution in [3.8, 4) is 0 Å². The lowest BCUT2D eigenvalue weighted by molar-refractivity contribution is 0.101. The van der Waals surface area contributed by atoms with Crippen LogP contribution in [0, 0.1) is 20.8 Å². The highest BCUT2D eigenvalue weighted by Gasteiger charge is 2.23. The van der Waals surface area contributed by atoms with Crippen LogP contribution in [0.5, 0.6) is 0 Å². The van der Waals surface area contributed by atoms with Crippen LogP contribution in [0.4, 0.5) is 0 Å². The van der Waals surface area contributed by atoms with Crippen LogP contribution in [-0.2, 0) is 15.8 Å². The van der Waals surface area contributed by atoms with E-state index in [1.54, 1.807) is 29.7 Å². The van der Waals surface area contributed by atoms with Gasteiger partial charge in [-0.05, 0) is 62.1 Å². The van der Waals surface area contributed by atoms with Gasteiger partial charge in [0.1, 0.15) is 0 Å². The Morgan fingerprint density at radius 1 is 1.10 bits per heavy atom. The maximum absolute atomic E-state index is 12.9. The molecule has 31 heavy (non-hydrogen) atoms. The van der Waals surface area contributed by atoms with Crippen LogP contribution in [0.25, 0.3) is 5.65 Å². The lowest BCUT2D eigenvalue weighted by Gasteiger charge is -2.18. The Morgan fingerprint density at radius 2 is 1.77 bits per heavy atom. The van der Waals surface area contributed by atoms with Crippen molar-refractivity contribution in [3.63, 3.8) is 0 Å². The molecule has 0 unspecified atom stereocenters. The smallest absolute Gasteiger partial charge is 0.244 e. The van der Waals surface area contributed by atoms with Gasteiger partial charge >= 0.3 is 0 Å². The van der Waals surface area contributed by atoms with Crippen molar-refractivity contribution in [2.24, 2.45) is 0 Å². The van der Waals surface area contributed by atoms with Crippen LogP contribution in [0.1, 0.15) is 53.4 Å². The van der Waals surface area contributed by atoms with E-state index in [1.165, 1.54) is 16.1 Å². The van der Waals surface area contributed by atoms with Gasteiger partial charge in [0.05, 0.1) is 4.90 Å². The molecule has 0 aliphatic rings. The largest absolute Gasteiger partial charge is 0.294 e. The number of hydrogen-bond acceptors (Lipinski definition) is 6. The molecule has 0 spiro atoms. The second-order valence-electron chi connectivity index (χ2n) is 7.50. The number of carbonyl (C=O) groups excluding carboxylic acids is 1. The summed E-state index contributed by atoms with van der Waals surface area (Å²) in [5.41, 5.74) is 5.52. The highest BCUT2D eigenvalue weighted by atomic mass is 32.2. The Labute approximate surface area is 187 Å². The molecule has 0 amide bonds. The predicted octanol–water partition coefficient (Wildman–Crippen LogP) is 4.18. The maximum Gasteiger partial charge on any atom is 0.244 e. The molecule has 0 bridgehead atoms. The van der Waals surface area contributed by atoms with E-state index in [4.69, 9.17) is 0 Å². The molecule has 0 N–H and O–H groups in total. The number of nitrogens with zero attached hydrogens (tertiary/aromatic N) is 4. The van der Waals surface area contributed by atoms with Crippen molar-refractivity contribution in [2.45, 2.75) is 57.3 Å². The molecule has 0 aliphatic carbocycles. The first-order valence-electron chi connectivity index (χ1n) is 10.2. The van der Waals surface area contributed by atoms with Crippen LogP contribution in [0.2, 0.25) is 0 Å². The number of Topliss-reactive ketones (excluding diaryl/α,β-unsaturated/α-hetero) is 1. The highest BCUT2D eigenvalue weighted by Crippen LogP contribution is 2.30. The van der Waals surface area contributed by atoms with E-state index < -0.39 is 10.0 Å². The van der Waals surface area contributed by atoms with E-state index in [9.17, 15) is 13.2 Å². The van der Waals surface area contributed by atoms with Crippen molar-refractivity contribution in [1.82, 2.24) is 18.9 Å². The summed E-state index contributed by atoms with van der Waals surface area (Å²) < 4.78 is 29.0. The van der Waals surface area contributed by atoms with Gasteiger partial charge in [-0.2, -0.15) is 4.31 Å². The van der Waals surface area contributed by atoms with Crippen molar-refractivity contribution in [1.29, 1.82) is 0 Å². The highest BCUT2D eigenvalue weighted by molar-refractivity contribution is 7.98. The summed E-state index contributed by atoms with van der Waals surface area (Å²) in [7, 11) is -3.58. The molecule has 2 heterocycles. The van der Waals surface area contributed by atoms with Crippen molar-refractivity contribution < 1.29 is 13.2 Å². The number of carbonyl (C=O) groups is 1. The van der Waals surface area contributed by atoms with Gasteiger partial charge in [0, 0.05) is 30.6 Å². The summed E-state index contributed by atoms with van der Waals surface area (Å²) in [5, 5.41) is 9.03. The van der Waals surface area contributed by atoms with Gasteiger partial charge < -0.3 is 0 Å². The first-order valence-corrected chi connectivity index (χ1v) is 12.6. The minimum Gasteiger partial charge on any atom is -0.294 e. The minimum atomic E-state index is -3.58. The van der Waals surface area contributed by atoms with Gasteiger partial charge in [-0.3, -0.25) is 9.20 Å². The summed E-state index contributed by atoms with van der Waals surface area (Å²) in [5.74, 6) is 0.659. The molecule has 0 radical (unpaired) electrons. The molecule has 9 heteroatoms. The Hall–Kier alpha value is -2.23. The number of ketones is 1. The normalized spacial score (nSPS) is 12.1. The van der Waals surface area contributed by atoms with Crippen molar-refractivity contribution in [2.75, 3.05) is 13.1 Å². The summed E-state index contributed by atoms with van der Waals surface area (Å²) in [4.78, 5) is 12.3. The second kappa shape index (κ2) is 9.10. The zero-order valence-electron chi connectivity index (χ0n) is 18.8. The first-order chi connectivity index (χ1) is 14.6.